The van der Waals surface area contributed by atoms with Gasteiger partial charge in [0.15, 0.2) is 0 Å². The molecule has 37 heavy (non-hydrogen) atoms. The Bertz CT molecular complexity index is 1320. The minimum absolute atomic E-state index is 0.172. The second-order valence-corrected chi connectivity index (χ2v) is 10.2. The van der Waals surface area contributed by atoms with Crippen LogP contribution in [0.25, 0.3) is 0 Å². The van der Waals surface area contributed by atoms with E-state index in [-0.39, 0.29) is 11.7 Å². The highest BCUT2D eigenvalue weighted by atomic mass is 16.5. The molecule has 2 aromatic carbocycles. The van der Waals surface area contributed by atoms with Crippen LogP contribution in [0.5, 0.6) is 0 Å². The number of nitrogens with zero attached hydrogens (tertiary/aromatic N) is 2. The third-order valence-corrected chi connectivity index (χ3v) is 7.13. The van der Waals surface area contributed by atoms with Crippen LogP contribution in [0.2, 0.25) is 0 Å². The summed E-state index contributed by atoms with van der Waals surface area (Å²) < 4.78 is 6.30. The number of nitrogen functional groups attached to an aromatic ring is 1. The largest absolute Gasteiger partial charge is 0.465 e. The summed E-state index contributed by atoms with van der Waals surface area (Å²) >= 11 is 0. The number of anilines is 1. The van der Waals surface area contributed by atoms with E-state index < -0.39 is 23.3 Å². The number of esters is 1. The van der Waals surface area contributed by atoms with Gasteiger partial charge in [0.2, 0.25) is 0 Å². The zero-order valence-corrected chi connectivity index (χ0v) is 21.8. The van der Waals surface area contributed by atoms with Crippen LogP contribution in [-0.4, -0.2) is 40.6 Å². The number of carbonyl (C=O) groups is 1. The van der Waals surface area contributed by atoms with E-state index in [1.165, 1.54) is 17.2 Å². The molecule has 0 unspecified atom stereocenters. The summed E-state index contributed by atoms with van der Waals surface area (Å²) in [6.07, 6.45) is 2.99. The van der Waals surface area contributed by atoms with E-state index >= 15 is 0 Å². The minimum atomic E-state index is -0.499. The average Bonchev–Trinajstić information content (AvgIpc) is 2.90. The van der Waals surface area contributed by atoms with Crippen molar-refractivity contribution in [2.45, 2.75) is 45.7 Å². The normalized spacial score (nSPS) is 15.6. The van der Waals surface area contributed by atoms with Gasteiger partial charge in [-0.1, -0.05) is 56.3 Å². The molecule has 1 aromatic heterocycles. The van der Waals surface area contributed by atoms with Gasteiger partial charge in [-0.2, -0.15) is 0 Å². The first-order chi connectivity index (χ1) is 17.8. The predicted octanol–water partition coefficient (Wildman–Crippen LogP) is 3.61. The Kier molecular flexibility index (Phi) is 8.28. The van der Waals surface area contributed by atoms with E-state index in [9.17, 15) is 14.4 Å². The first-order valence-corrected chi connectivity index (χ1v) is 12.9. The van der Waals surface area contributed by atoms with Crippen LogP contribution >= 0.6 is 0 Å². The molecule has 0 radical (unpaired) electrons. The van der Waals surface area contributed by atoms with Crippen molar-refractivity contribution < 1.29 is 9.53 Å². The summed E-state index contributed by atoms with van der Waals surface area (Å²) in [6.45, 7) is 5.96. The maximum absolute atomic E-state index is 13.2. The van der Waals surface area contributed by atoms with Gasteiger partial charge in [0, 0.05) is 6.54 Å². The fourth-order valence-corrected chi connectivity index (χ4v) is 5.26. The molecule has 4 rings (SSSR count). The van der Waals surface area contributed by atoms with Gasteiger partial charge in [-0.05, 0) is 67.4 Å². The van der Waals surface area contributed by atoms with Crippen LogP contribution in [-0.2, 0) is 17.7 Å². The second-order valence-electron chi connectivity index (χ2n) is 10.2. The van der Waals surface area contributed by atoms with E-state index in [2.05, 4.69) is 34.1 Å². The van der Waals surface area contributed by atoms with Crippen LogP contribution < -0.4 is 17.0 Å². The molecule has 8 heteroatoms. The number of rotatable bonds is 8. The van der Waals surface area contributed by atoms with Crippen molar-refractivity contribution in [3.05, 3.63) is 97.7 Å². The molecule has 0 bridgehead atoms. The molecule has 1 aliphatic rings. The Labute approximate surface area is 217 Å². The third-order valence-electron chi connectivity index (χ3n) is 7.13. The SMILES string of the molecule is COC(=O)c1ccc([C@H](c2c(N)n(CC(C)C)c(=O)[nH]c2=O)N2CCC(Cc3ccccc3)CC2)cc1. The fraction of sp³-hybridized carbons (Fsp3) is 0.414. The Morgan fingerprint density at radius 2 is 1.70 bits per heavy atom. The Balaban J connectivity index is 1.70. The topological polar surface area (TPSA) is 110 Å². The lowest BCUT2D eigenvalue weighted by Crippen LogP contribution is -2.43. The van der Waals surface area contributed by atoms with E-state index in [1.807, 2.05) is 32.0 Å². The summed E-state index contributed by atoms with van der Waals surface area (Å²) in [6, 6.07) is 17.1. The number of ether oxygens (including phenoxy) is 1. The molecule has 0 saturated carbocycles. The first kappa shape index (κ1) is 26.4. The molecule has 8 nitrogen and oxygen atoms in total. The van der Waals surface area contributed by atoms with Gasteiger partial charge in [0.05, 0.1) is 24.3 Å². The summed E-state index contributed by atoms with van der Waals surface area (Å²) in [5, 5.41) is 0. The zero-order chi connectivity index (χ0) is 26.5. The quantitative estimate of drug-likeness (QED) is 0.454. The second kappa shape index (κ2) is 11.6. The molecule has 0 spiro atoms. The number of hydrogen-bond acceptors (Lipinski definition) is 6. The van der Waals surface area contributed by atoms with Crippen molar-refractivity contribution in [3.63, 3.8) is 0 Å². The summed E-state index contributed by atoms with van der Waals surface area (Å²) in [5.41, 5.74) is 8.54. The number of piperidine rings is 1. The number of nitrogens with two attached hydrogens (primary N) is 1. The smallest absolute Gasteiger partial charge is 0.337 e. The lowest BCUT2D eigenvalue weighted by molar-refractivity contribution is 0.0600. The number of H-pyrrole nitrogens is 1. The minimum Gasteiger partial charge on any atom is -0.465 e. The number of hydrogen-bond donors (Lipinski definition) is 2. The highest BCUT2D eigenvalue weighted by Crippen LogP contribution is 2.34. The number of nitrogens with one attached hydrogen (secondary N) is 1. The molecule has 3 N–H and O–H groups in total. The summed E-state index contributed by atoms with van der Waals surface area (Å²) in [7, 11) is 1.34. The zero-order valence-electron chi connectivity index (χ0n) is 21.8. The Morgan fingerprint density at radius 3 is 2.30 bits per heavy atom. The average molecular weight is 505 g/mol. The van der Waals surface area contributed by atoms with Crippen molar-refractivity contribution in [1.29, 1.82) is 0 Å². The molecule has 1 fully saturated rings. The molecule has 2 heterocycles. The lowest BCUT2D eigenvalue weighted by atomic mass is 9.87. The number of aromatic amines is 1. The van der Waals surface area contributed by atoms with Crippen LogP contribution in [0.4, 0.5) is 5.82 Å². The van der Waals surface area contributed by atoms with Gasteiger partial charge >= 0.3 is 11.7 Å². The van der Waals surface area contributed by atoms with Gasteiger partial charge in [0.1, 0.15) is 5.82 Å². The van der Waals surface area contributed by atoms with Crippen molar-refractivity contribution in [1.82, 2.24) is 14.5 Å². The van der Waals surface area contributed by atoms with E-state index in [1.54, 1.807) is 12.1 Å². The molecule has 1 aliphatic heterocycles. The van der Waals surface area contributed by atoms with Crippen molar-refractivity contribution in [3.8, 4) is 0 Å². The number of methoxy groups -OCH3 is 1. The molecule has 0 aliphatic carbocycles. The number of benzene rings is 2. The molecular formula is C29H36N4O4. The monoisotopic (exact) mass is 504 g/mol. The van der Waals surface area contributed by atoms with Crippen LogP contribution in [0.1, 0.15) is 59.8 Å². The maximum atomic E-state index is 13.2. The van der Waals surface area contributed by atoms with E-state index in [4.69, 9.17) is 10.5 Å². The highest BCUT2D eigenvalue weighted by molar-refractivity contribution is 5.89. The molecule has 0 amide bonds. The van der Waals surface area contributed by atoms with Gasteiger partial charge in [-0.25, -0.2) is 9.59 Å². The van der Waals surface area contributed by atoms with Gasteiger partial charge < -0.3 is 10.5 Å². The van der Waals surface area contributed by atoms with E-state index in [0.29, 0.717) is 23.6 Å². The Morgan fingerprint density at radius 1 is 1.05 bits per heavy atom. The van der Waals surface area contributed by atoms with E-state index in [0.717, 1.165) is 37.9 Å². The summed E-state index contributed by atoms with van der Waals surface area (Å²) in [4.78, 5) is 42.6. The van der Waals surface area contributed by atoms with Crippen LogP contribution in [0, 0.1) is 11.8 Å². The van der Waals surface area contributed by atoms with Crippen molar-refractivity contribution >= 4 is 11.8 Å². The maximum Gasteiger partial charge on any atom is 0.337 e. The van der Waals surface area contributed by atoms with Gasteiger partial charge in [-0.3, -0.25) is 19.2 Å². The molecular weight excluding hydrogens is 468 g/mol. The number of aromatic nitrogens is 2. The van der Waals surface area contributed by atoms with Crippen LogP contribution in [0.3, 0.4) is 0 Å². The van der Waals surface area contributed by atoms with Crippen molar-refractivity contribution in [2.75, 3.05) is 25.9 Å². The highest BCUT2D eigenvalue weighted by Gasteiger charge is 2.32. The molecule has 1 atom stereocenters. The molecule has 196 valence electrons. The van der Waals surface area contributed by atoms with Gasteiger partial charge in [0.25, 0.3) is 5.56 Å². The first-order valence-electron chi connectivity index (χ1n) is 12.9. The van der Waals surface area contributed by atoms with Crippen LogP contribution in [0.15, 0.2) is 64.2 Å². The Hall–Kier alpha value is -3.65. The standard InChI is InChI=1S/C29H36N4O4/c1-19(2)18-33-26(30)24(27(34)31-29(33)36)25(22-9-11-23(12-10-22)28(35)37-3)32-15-13-21(14-16-32)17-20-7-5-4-6-8-20/h4-12,19,21,25H,13-18,30H2,1-3H3,(H,31,34,36)/t25-/m1/s1. The lowest BCUT2D eigenvalue weighted by Gasteiger charge is -2.38. The number of carbonyl (C=O) groups excluding carboxylic acids is 1. The predicted molar refractivity (Wildman–Crippen MR) is 145 cm³/mol. The fourth-order valence-electron chi connectivity index (χ4n) is 5.26. The third kappa shape index (κ3) is 6.02. The summed E-state index contributed by atoms with van der Waals surface area (Å²) in [5.74, 6) is 0.486. The molecule has 3 aromatic rings. The van der Waals surface area contributed by atoms with Crippen molar-refractivity contribution in [2.24, 2.45) is 11.8 Å². The number of likely N-dealkylation sites (tertiary alicyclic amines) is 1. The van der Waals surface area contributed by atoms with Gasteiger partial charge in [-0.15, -0.1) is 0 Å². The molecule has 1 saturated heterocycles.